The summed E-state index contributed by atoms with van der Waals surface area (Å²) in [5, 5.41) is 10.6. The molecule has 0 saturated heterocycles. The van der Waals surface area contributed by atoms with Gasteiger partial charge in [0.15, 0.2) is 10.3 Å². The SMILES string of the molecule is CCOC(=O)NC(=S)NNC(=O)CSc1nncn1-c1ccccc1. The van der Waals surface area contributed by atoms with Gasteiger partial charge in [-0.3, -0.25) is 25.5 Å². The van der Waals surface area contributed by atoms with Crippen molar-refractivity contribution < 1.29 is 14.3 Å². The molecule has 1 aromatic carbocycles. The van der Waals surface area contributed by atoms with Crippen LogP contribution in [-0.2, 0) is 9.53 Å². The van der Waals surface area contributed by atoms with Crippen LogP contribution >= 0.6 is 24.0 Å². The zero-order valence-corrected chi connectivity index (χ0v) is 14.9. The molecule has 0 radical (unpaired) electrons. The Morgan fingerprint density at radius 1 is 1.28 bits per heavy atom. The van der Waals surface area contributed by atoms with Crippen LogP contribution in [0.5, 0.6) is 0 Å². The van der Waals surface area contributed by atoms with Crippen molar-refractivity contribution in [3.8, 4) is 5.69 Å². The van der Waals surface area contributed by atoms with Crippen LogP contribution in [0.15, 0.2) is 41.8 Å². The molecule has 0 aliphatic rings. The second-order valence-corrected chi connectivity index (χ2v) is 5.81. The summed E-state index contributed by atoms with van der Waals surface area (Å²) in [4.78, 5) is 23.0. The second kappa shape index (κ2) is 9.59. The van der Waals surface area contributed by atoms with E-state index in [9.17, 15) is 9.59 Å². The number of nitrogens with one attached hydrogen (secondary N) is 3. The van der Waals surface area contributed by atoms with E-state index in [1.165, 1.54) is 11.8 Å². The van der Waals surface area contributed by atoms with Crippen LogP contribution in [-0.4, -0.2) is 44.2 Å². The van der Waals surface area contributed by atoms with Gasteiger partial charge < -0.3 is 4.74 Å². The molecule has 0 atom stereocenters. The Kier molecular flexibility index (Phi) is 7.16. The maximum Gasteiger partial charge on any atom is 0.413 e. The first-order valence-electron chi connectivity index (χ1n) is 7.21. The van der Waals surface area contributed by atoms with Gasteiger partial charge in [-0.2, -0.15) is 0 Å². The summed E-state index contributed by atoms with van der Waals surface area (Å²) in [6.45, 7) is 1.89. The standard InChI is InChI=1S/C14H16N6O3S2/c1-2-23-14(22)16-12(24)18-17-11(21)8-25-13-19-15-9-20(13)10-6-4-3-5-7-10/h3-7,9H,2,8H2,1H3,(H,17,21)(H2,16,18,22,24). The van der Waals surface area contributed by atoms with Crippen LogP contribution in [0, 0.1) is 0 Å². The molecule has 0 aliphatic heterocycles. The van der Waals surface area contributed by atoms with E-state index in [4.69, 9.17) is 12.2 Å². The smallest absolute Gasteiger partial charge is 0.413 e. The van der Waals surface area contributed by atoms with Crippen molar-refractivity contribution >= 4 is 41.1 Å². The van der Waals surface area contributed by atoms with Gasteiger partial charge in [0.1, 0.15) is 6.33 Å². The predicted molar refractivity (Wildman–Crippen MR) is 96.1 cm³/mol. The minimum absolute atomic E-state index is 0.0655. The molecule has 132 valence electrons. The van der Waals surface area contributed by atoms with E-state index in [0.29, 0.717) is 5.16 Å². The van der Waals surface area contributed by atoms with Crippen LogP contribution in [0.3, 0.4) is 0 Å². The van der Waals surface area contributed by atoms with Gasteiger partial charge in [-0.25, -0.2) is 4.79 Å². The normalized spacial score (nSPS) is 9.96. The van der Waals surface area contributed by atoms with Crippen LogP contribution in [0.1, 0.15) is 6.92 Å². The lowest BCUT2D eigenvalue weighted by atomic mass is 10.3. The number of amides is 2. The third-order valence-corrected chi connectivity index (χ3v) is 3.84. The second-order valence-electron chi connectivity index (χ2n) is 4.46. The van der Waals surface area contributed by atoms with E-state index >= 15 is 0 Å². The van der Waals surface area contributed by atoms with E-state index in [2.05, 4.69) is 31.1 Å². The molecule has 0 unspecified atom stereocenters. The van der Waals surface area contributed by atoms with Gasteiger partial charge in [0.05, 0.1) is 12.4 Å². The number of alkyl carbamates (subject to hydrolysis) is 1. The Labute approximate surface area is 153 Å². The zero-order chi connectivity index (χ0) is 18.1. The minimum Gasteiger partial charge on any atom is -0.450 e. The molecule has 11 heteroatoms. The fourth-order valence-electron chi connectivity index (χ4n) is 1.67. The van der Waals surface area contributed by atoms with Crippen LogP contribution in [0.25, 0.3) is 5.69 Å². The van der Waals surface area contributed by atoms with E-state index in [1.54, 1.807) is 17.8 Å². The third-order valence-electron chi connectivity index (χ3n) is 2.69. The van der Waals surface area contributed by atoms with Crippen molar-refractivity contribution in [1.29, 1.82) is 0 Å². The Hall–Kier alpha value is -2.66. The number of aromatic nitrogens is 3. The molecule has 0 spiro atoms. The Morgan fingerprint density at radius 3 is 2.76 bits per heavy atom. The Balaban J connectivity index is 1.79. The number of nitrogens with zero attached hydrogens (tertiary/aromatic N) is 3. The highest BCUT2D eigenvalue weighted by atomic mass is 32.2. The predicted octanol–water partition coefficient (Wildman–Crippen LogP) is 1.01. The van der Waals surface area contributed by atoms with Gasteiger partial charge in [-0.1, -0.05) is 30.0 Å². The van der Waals surface area contributed by atoms with E-state index < -0.39 is 6.09 Å². The Bertz CT molecular complexity index is 737. The lowest BCUT2D eigenvalue weighted by molar-refractivity contribution is -0.119. The van der Waals surface area contributed by atoms with Crippen LogP contribution in [0.4, 0.5) is 4.79 Å². The monoisotopic (exact) mass is 380 g/mol. The van der Waals surface area contributed by atoms with Gasteiger partial charge in [0, 0.05) is 5.69 Å². The number of hydrogen-bond donors (Lipinski definition) is 3. The molecule has 3 N–H and O–H groups in total. The molecule has 9 nitrogen and oxygen atoms in total. The topological polar surface area (TPSA) is 110 Å². The number of thiocarbonyl (C=S) groups is 1. The molecular weight excluding hydrogens is 364 g/mol. The number of ether oxygens (including phenoxy) is 1. The van der Waals surface area contributed by atoms with Crippen molar-refractivity contribution in [2.24, 2.45) is 0 Å². The highest BCUT2D eigenvalue weighted by Crippen LogP contribution is 2.18. The van der Waals surface area contributed by atoms with Gasteiger partial charge >= 0.3 is 6.09 Å². The number of carbonyl (C=O) groups is 2. The van der Waals surface area contributed by atoms with Crippen LogP contribution in [0.2, 0.25) is 0 Å². The van der Waals surface area contributed by atoms with Crippen molar-refractivity contribution in [3.05, 3.63) is 36.7 Å². The zero-order valence-electron chi connectivity index (χ0n) is 13.3. The molecule has 0 fully saturated rings. The van der Waals surface area contributed by atoms with Gasteiger partial charge in [0.25, 0.3) is 0 Å². The van der Waals surface area contributed by atoms with Gasteiger partial charge in [-0.15, -0.1) is 10.2 Å². The van der Waals surface area contributed by atoms with Crippen molar-refractivity contribution in [1.82, 2.24) is 30.9 Å². The molecule has 1 aromatic heterocycles. The fourth-order valence-corrected chi connectivity index (χ4v) is 2.54. The largest absolute Gasteiger partial charge is 0.450 e. The average Bonchev–Trinajstić information content (AvgIpc) is 3.07. The molecular formula is C14H16N6O3S2. The molecule has 2 aromatic rings. The fraction of sp³-hybridized carbons (Fsp3) is 0.214. The number of hydrazine groups is 1. The summed E-state index contributed by atoms with van der Waals surface area (Å²) in [6.07, 6.45) is 0.881. The van der Waals surface area contributed by atoms with E-state index in [1.807, 2.05) is 30.3 Å². The molecule has 25 heavy (non-hydrogen) atoms. The van der Waals surface area contributed by atoms with Gasteiger partial charge in [0.2, 0.25) is 5.91 Å². The number of para-hydroxylation sites is 1. The van der Waals surface area contributed by atoms with E-state index in [-0.39, 0.29) is 23.4 Å². The molecule has 0 aliphatic carbocycles. The quantitative estimate of drug-likeness (QED) is 0.401. The first kappa shape index (κ1) is 18.7. The number of rotatable bonds is 5. The lowest BCUT2D eigenvalue weighted by Gasteiger charge is -2.10. The molecule has 0 bridgehead atoms. The highest BCUT2D eigenvalue weighted by molar-refractivity contribution is 7.99. The summed E-state index contributed by atoms with van der Waals surface area (Å²) in [6, 6.07) is 9.53. The molecule has 1 heterocycles. The maximum absolute atomic E-state index is 11.8. The number of thioether (sulfide) groups is 1. The first-order valence-corrected chi connectivity index (χ1v) is 8.60. The summed E-state index contributed by atoms with van der Waals surface area (Å²) in [5.41, 5.74) is 5.68. The number of benzene rings is 1. The minimum atomic E-state index is -0.695. The summed E-state index contributed by atoms with van der Waals surface area (Å²) in [7, 11) is 0. The number of carbonyl (C=O) groups excluding carboxylic acids is 2. The molecule has 2 amide bonds. The summed E-state index contributed by atoms with van der Waals surface area (Å²) < 4.78 is 6.43. The summed E-state index contributed by atoms with van der Waals surface area (Å²) >= 11 is 6.05. The Morgan fingerprint density at radius 2 is 2.04 bits per heavy atom. The lowest BCUT2D eigenvalue weighted by Crippen LogP contribution is -2.49. The number of hydrogen-bond acceptors (Lipinski definition) is 7. The highest BCUT2D eigenvalue weighted by Gasteiger charge is 2.11. The average molecular weight is 380 g/mol. The van der Waals surface area contributed by atoms with E-state index in [0.717, 1.165) is 5.69 Å². The van der Waals surface area contributed by atoms with Crippen molar-refractivity contribution in [2.45, 2.75) is 12.1 Å². The third kappa shape index (κ3) is 6.04. The van der Waals surface area contributed by atoms with Gasteiger partial charge in [-0.05, 0) is 31.3 Å². The van der Waals surface area contributed by atoms with Crippen LogP contribution < -0.4 is 16.2 Å². The maximum atomic E-state index is 11.8. The van der Waals surface area contributed by atoms with Crippen molar-refractivity contribution in [2.75, 3.05) is 12.4 Å². The summed E-state index contributed by atoms with van der Waals surface area (Å²) in [5.74, 6) is -0.263. The van der Waals surface area contributed by atoms with Crippen molar-refractivity contribution in [3.63, 3.8) is 0 Å². The molecule has 2 rings (SSSR count). The first-order chi connectivity index (χ1) is 12.1. The molecule has 0 saturated carbocycles.